The Hall–Kier alpha value is -2.84. The van der Waals surface area contributed by atoms with Crippen LogP contribution in [0.4, 0.5) is 10.5 Å². The van der Waals surface area contributed by atoms with E-state index in [-0.39, 0.29) is 36.0 Å². The highest BCUT2D eigenvalue weighted by Gasteiger charge is 2.36. The number of nitro benzene ring substituents is 1. The van der Waals surface area contributed by atoms with Crippen LogP contribution >= 0.6 is 0 Å². The van der Waals surface area contributed by atoms with Gasteiger partial charge >= 0.3 is 11.8 Å². The molecule has 9 heteroatoms. The van der Waals surface area contributed by atoms with Crippen LogP contribution in [0.15, 0.2) is 18.2 Å². The Kier molecular flexibility index (Phi) is 5.15. The standard InChI is InChI=1S/C16H21N3O6/c1-16(2,3)25-15(21)18-8-11(9-18)24-13-7-10(14(20)17-4)5-6-12(13)19(22)23/h5-7,11H,8-9H2,1-4H3,(H,17,20). The predicted molar refractivity (Wildman–Crippen MR) is 88.7 cm³/mol. The second-order valence-electron chi connectivity index (χ2n) is 6.64. The van der Waals surface area contributed by atoms with Crippen LogP contribution in [0.2, 0.25) is 0 Å². The van der Waals surface area contributed by atoms with E-state index in [1.807, 2.05) is 0 Å². The van der Waals surface area contributed by atoms with Crippen LogP contribution in [0.3, 0.4) is 0 Å². The van der Waals surface area contributed by atoms with E-state index < -0.39 is 22.7 Å². The lowest BCUT2D eigenvalue weighted by atomic mass is 10.1. The van der Waals surface area contributed by atoms with E-state index in [1.165, 1.54) is 30.1 Å². The van der Waals surface area contributed by atoms with Crippen molar-refractivity contribution in [2.75, 3.05) is 20.1 Å². The van der Waals surface area contributed by atoms with Crippen molar-refractivity contribution in [1.82, 2.24) is 10.2 Å². The van der Waals surface area contributed by atoms with Crippen molar-refractivity contribution in [1.29, 1.82) is 0 Å². The highest BCUT2D eigenvalue weighted by Crippen LogP contribution is 2.30. The maximum atomic E-state index is 11.9. The second kappa shape index (κ2) is 6.96. The second-order valence-corrected chi connectivity index (χ2v) is 6.64. The Labute approximate surface area is 145 Å². The molecule has 2 amide bonds. The number of hydrogen-bond acceptors (Lipinski definition) is 6. The summed E-state index contributed by atoms with van der Waals surface area (Å²) in [4.78, 5) is 35.6. The summed E-state index contributed by atoms with van der Waals surface area (Å²) in [5.74, 6) is -0.372. The predicted octanol–water partition coefficient (Wildman–Crippen LogP) is 1.95. The van der Waals surface area contributed by atoms with Gasteiger partial charge in [0.1, 0.15) is 11.7 Å². The number of amides is 2. The third kappa shape index (κ3) is 4.59. The van der Waals surface area contributed by atoms with Gasteiger partial charge in [0.05, 0.1) is 18.0 Å². The van der Waals surface area contributed by atoms with Gasteiger partial charge in [0.25, 0.3) is 5.91 Å². The van der Waals surface area contributed by atoms with Gasteiger partial charge in [-0.25, -0.2) is 4.79 Å². The molecule has 1 saturated heterocycles. The highest BCUT2D eigenvalue weighted by atomic mass is 16.6. The zero-order chi connectivity index (χ0) is 18.8. The number of carbonyl (C=O) groups is 2. The molecular formula is C16H21N3O6. The van der Waals surface area contributed by atoms with Gasteiger partial charge in [-0.1, -0.05) is 0 Å². The molecule has 1 aromatic carbocycles. The lowest BCUT2D eigenvalue weighted by Gasteiger charge is -2.39. The average molecular weight is 351 g/mol. The minimum atomic E-state index is -0.594. The molecule has 0 radical (unpaired) electrons. The lowest BCUT2D eigenvalue weighted by Crippen LogP contribution is -2.57. The minimum Gasteiger partial charge on any atom is -0.480 e. The van der Waals surface area contributed by atoms with Crippen molar-refractivity contribution in [3.8, 4) is 5.75 Å². The van der Waals surface area contributed by atoms with Crippen LogP contribution in [-0.2, 0) is 4.74 Å². The number of benzene rings is 1. The first kappa shape index (κ1) is 18.5. The molecule has 0 unspecified atom stereocenters. The first-order valence-electron chi connectivity index (χ1n) is 7.76. The first-order valence-corrected chi connectivity index (χ1v) is 7.76. The van der Waals surface area contributed by atoms with Crippen molar-refractivity contribution in [2.24, 2.45) is 0 Å². The maximum Gasteiger partial charge on any atom is 0.410 e. The summed E-state index contributed by atoms with van der Waals surface area (Å²) in [6.07, 6.45) is -0.855. The van der Waals surface area contributed by atoms with Crippen LogP contribution in [0.5, 0.6) is 5.75 Å². The fraction of sp³-hybridized carbons (Fsp3) is 0.500. The summed E-state index contributed by atoms with van der Waals surface area (Å²) in [7, 11) is 1.47. The smallest absolute Gasteiger partial charge is 0.410 e. The summed E-state index contributed by atoms with van der Waals surface area (Å²) >= 11 is 0. The fourth-order valence-electron chi connectivity index (χ4n) is 2.21. The summed E-state index contributed by atoms with van der Waals surface area (Å²) < 4.78 is 10.9. The van der Waals surface area contributed by atoms with Gasteiger partial charge in [-0.2, -0.15) is 0 Å². The number of carbonyl (C=O) groups excluding carboxylic acids is 2. The van der Waals surface area contributed by atoms with Gasteiger partial charge < -0.3 is 19.7 Å². The molecule has 1 aromatic rings. The van der Waals surface area contributed by atoms with Gasteiger partial charge in [0.2, 0.25) is 0 Å². The minimum absolute atomic E-state index is 0.0000567. The Morgan fingerprint density at radius 1 is 1.32 bits per heavy atom. The van der Waals surface area contributed by atoms with E-state index >= 15 is 0 Å². The zero-order valence-corrected chi connectivity index (χ0v) is 14.6. The van der Waals surface area contributed by atoms with E-state index in [0.717, 1.165) is 0 Å². The molecule has 1 N–H and O–H groups in total. The molecule has 0 spiro atoms. The molecule has 1 aliphatic rings. The van der Waals surface area contributed by atoms with Crippen molar-refractivity contribution < 1.29 is 24.0 Å². The van der Waals surface area contributed by atoms with Gasteiger partial charge in [0, 0.05) is 24.7 Å². The summed E-state index contributed by atoms with van der Waals surface area (Å²) in [6, 6.07) is 3.91. The monoisotopic (exact) mass is 351 g/mol. The normalized spacial score (nSPS) is 14.5. The molecule has 0 bridgehead atoms. The van der Waals surface area contributed by atoms with Gasteiger partial charge in [-0.15, -0.1) is 0 Å². The van der Waals surface area contributed by atoms with E-state index in [9.17, 15) is 19.7 Å². The number of nitrogens with zero attached hydrogens (tertiary/aromatic N) is 2. The molecule has 9 nitrogen and oxygen atoms in total. The first-order chi connectivity index (χ1) is 11.6. The zero-order valence-electron chi connectivity index (χ0n) is 14.6. The van der Waals surface area contributed by atoms with Crippen molar-refractivity contribution in [3.05, 3.63) is 33.9 Å². The molecule has 1 aliphatic heterocycles. The van der Waals surface area contributed by atoms with Gasteiger partial charge in [-0.05, 0) is 26.8 Å². The average Bonchev–Trinajstić information content (AvgIpc) is 2.47. The Balaban J connectivity index is 2.05. The number of nitro groups is 1. The number of hydrogen-bond donors (Lipinski definition) is 1. The number of ether oxygens (including phenoxy) is 2. The van der Waals surface area contributed by atoms with E-state index in [0.29, 0.717) is 0 Å². The molecule has 25 heavy (non-hydrogen) atoms. The molecule has 0 aromatic heterocycles. The number of rotatable bonds is 4. The molecule has 1 fully saturated rings. The van der Waals surface area contributed by atoms with Crippen LogP contribution in [0.25, 0.3) is 0 Å². The van der Waals surface area contributed by atoms with Crippen LogP contribution < -0.4 is 10.1 Å². The molecule has 0 atom stereocenters. The highest BCUT2D eigenvalue weighted by molar-refractivity contribution is 5.94. The SMILES string of the molecule is CNC(=O)c1ccc([N+](=O)[O-])c(OC2CN(C(=O)OC(C)(C)C)C2)c1. The Morgan fingerprint density at radius 3 is 2.48 bits per heavy atom. The van der Waals surface area contributed by atoms with E-state index in [4.69, 9.17) is 9.47 Å². The van der Waals surface area contributed by atoms with E-state index in [2.05, 4.69) is 5.32 Å². The third-order valence-electron chi connectivity index (χ3n) is 3.44. The third-order valence-corrected chi connectivity index (χ3v) is 3.44. The quantitative estimate of drug-likeness (QED) is 0.655. The van der Waals surface area contributed by atoms with Crippen LogP contribution in [-0.4, -0.2) is 53.7 Å². The topological polar surface area (TPSA) is 111 Å². The maximum absolute atomic E-state index is 11.9. The summed E-state index contributed by atoms with van der Waals surface area (Å²) in [5.41, 5.74) is -0.571. The molecule has 1 heterocycles. The fourth-order valence-corrected chi connectivity index (χ4v) is 2.21. The Bertz CT molecular complexity index is 692. The molecule has 2 rings (SSSR count). The molecular weight excluding hydrogens is 330 g/mol. The summed E-state index contributed by atoms with van der Waals surface area (Å²) in [5, 5.41) is 13.6. The number of nitrogens with one attached hydrogen (secondary N) is 1. The molecule has 0 saturated carbocycles. The van der Waals surface area contributed by atoms with E-state index in [1.54, 1.807) is 20.8 Å². The number of likely N-dealkylation sites (tertiary alicyclic amines) is 1. The van der Waals surface area contributed by atoms with Crippen molar-refractivity contribution in [3.63, 3.8) is 0 Å². The largest absolute Gasteiger partial charge is 0.480 e. The Morgan fingerprint density at radius 2 is 1.96 bits per heavy atom. The summed E-state index contributed by atoms with van der Waals surface area (Å²) in [6.45, 7) is 5.83. The van der Waals surface area contributed by atoms with Gasteiger partial charge in [-0.3, -0.25) is 14.9 Å². The van der Waals surface area contributed by atoms with Crippen LogP contribution in [0.1, 0.15) is 31.1 Å². The van der Waals surface area contributed by atoms with Crippen molar-refractivity contribution >= 4 is 17.7 Å². The molecule has 0 aliphatic carbocycles. The molecule has 136 valence electrons. The van der Waals surface area contributed by atoms with Crippen LogP contribution in [0, 0.1) is 10.1 Å². The van der Waals surface area contributed by atoms with Crippen molar-refractivity contribution in [2.45, 2.75) is 32.5 Å². The van der Waals surface area contributed by atoms with Gasteiger partial charge in [0.15, 0.2) is 5.75 Å². The lowest BCUT2D eigenvalue weighted by molar-refractivity contribution is -0.386.